The Hall–Kier alpha value is -2.48. The highest BCUT2D eigenvalue weighted by molar-refractivity contribution is 7.13. The number of nitrogens with zero attached hydrogens (tertiary/aromatic N) is 3. The minimum absolute atomic E-state index is 0.120. The molecule has 7 heteroatoms. The van der Waals surface area contributed by atoms with E-state index >= 15 is 0 Å². The number of thiophene rings is 2. The van der Waals surface area contributed by atoms with Gasteiger partial charge in [0.1, 0.15) is 6.67 Å². The molecule has 0 bridgehead atoms. The summed E-state index contributed by atoms with van der Waals surface area (Å²) in [6, 6.07) is 16.6. The van der Waals surface area contributed by atoms with Crippen LogP contribution in [0.1, 0.15) is 22.0 Å². The zero-order chi connectivity index (χ0) is 18.2. The summed E-state index contributed by atoms with van der Waals surface area (Å²) in [6.45, 7) is 1.28. The molecule has 1 aliphatic heterocycles. The Labute approximate surface area is 164 Å². The van der Waals surface area contributed by atoms with Gasteiger partial charge in [0.2, 0.25) is 0 Å². The monoisotopic (exact) mass is 395 g/mol. The molecule has 0 saturated heterocycles. The Morgan fingerprint density at radius 3 is 2.78 bits per heavy atom. The third-order valence-corrected chi connectivity index (χ3v) is 6.69. The van der Waals surface area contributed by atoms with E-state index in [9.17, 15) is 4.79 Å². The minimum Gasteiger partial charge on any atom is -0.387 e. The highest BCUT2D eigenvalue weighted by atomic mass is 32.1. The van der Waals surface area contributed by atoms with Gasteiger partial charge in [-0.2, -0.15) is 4.68 Å². The zero-order valence-electron chi connectivity index (χ0n) is 14.4. The molecule has 0 radical (unpaired) electrons. The van der Waals surface area contributed by atoms with Gasteiger partial charge in [0.05, 0.1) is 10.9 Å². The summed E-state index contributed by atoms with van der Waals surface area (Å²) < 4.78 is 6.81. The van der Waals surface area contributed by atoms with Crippen LogP contribution in [0, 0.1) is 0 Å². The van der Waals surface area contributed by atoms with Crippen LogP contribution >= 0.6 is 22.7 Å². The normalized spacial score (nSPS) is 17.1. The molecule has 0 amide bonds. The van der Waals surface area contributed by atoms with E-state index in [0.29, 0.717) is 12.6 Å². The van der Waals surface area contributed by atoms with Crippen molar-refractivity contribution in [3.05, 3.63) is 85.8 Å². The van der Waals surface area contributed by atoms with E-state index in [2.05, 4.69) is 45.7 Å². The first kappa shape index (κ1) is 16.7. The summed E-state index contributed by atoms with van der Waals surface area (Å²) >= 11 is 3.32. The van der Waals surface area contributed by atoms with Gasteiger partial charge >= 0.3 is 5.76 Å². The van der Waals surface area contributed by atoms with Crippen LogP contribution in [0.25, 0.3) is 10.8 Å². The maximum Gasteiger partial charge on any atom is 0.438 e. The molecule has 5 rings (SSSR count). The Morgan fingerprint density at radius 1 is 1.07 bits per heavy atom. The van der Waals surface area contributed by atoms with Crippen LogP contribution < -0.4 is 5.76 Å². The van der Waals surface area contributed by atoms with Gasteiger partial charge in [0, 0.05) is 11.4 Å². The lowest BCUT2D eigenvalue weighted by atomic mass is 9.94. The molecule has 0 N–H and O–H groups in total. The van der Waals surface area contributed by atoms with Crippen molar-refractivity contribution in [3.63, 3.8) is 0 Å². The fraction of sp³-hybridized carbons (Fsp3) is 0.200. The van der Waals surface area contributed by atoms with Crippen LogP contribution in [0.5, 0.6) is 0 Å². The van der Waals surface area contributed by atoms with E-state index in [1.54, 1.807) is 0 Å². The molecule has 0 fully saturated rings. The van der Waals surface area contributed by atoms with Crippen LogP contribution in [0.4, 0.5) is 0 Å². The van der Waals surface area contributed by atoms with Crippen molar-refractivity contribution in [3.8, 4) is 10.8 Å². The van der Waals surface area contributed by atoms with Crippen molar-refractivity contribution in [1.29, 1.82) is 0 Å². The van der Waals surface area contributed by atoms with Crippen LogP contribution in [-0.4, -0.2) is 21.2 Å². The second kappa shape index (κ2) is 6.92. The smallest absolute Gasteiger partial charge is 0.387 e. The summed E-state index contributed by atoms with van der Waals surface area (Å²) in [5.74, 6) is -0.0270. The first-order valence-electron chi connectivity index (χ1n) is 8.77. The Bertz CT molecular complexity index is 1100. The van der Waals surface area contributed by atoms with Crippen LogP contribution in [0.2, 0.25) is 0 Å². The fourth-order valence-corrected chi connectivity index (χ4v) is 5.16. The van der Waals surface area contributed by atoms with Crippen LogP contribution in [0.3, 0.4) is 0 Å². The van der Waals surface area contributed by atoms with Crippen molar-refractivity contribution in [2.75, 3.05) is 6.54 Å². The lowest BCUT2D eigenvalue weighted by molar-refractivity contribution is 0.152. The predicted molar refractivity (Wildman–Crippen MR) is 107 cm³/mol. The SMILES string of the molecule is O=c1oc(-c2cccs2)nn1CN1CCc2sccc2C1c1ccccc1. The molecule has 0 aliphatic carbocycles. The molecule has 1 atom stereocenters. The van der Waals surface area contributed by atoms with Crippen molar-refractivity contribution in [1.82, 2.24) is 14.7 Å². The molecule has 4 heterocycles. The third-order valence-electron chi connectivity index (χ3n) is 4.83. The van der Waals surface area contributed by atoms with E-state index in [1.807, 2.05) is 34.9 Å². The maximum atomic E-state index is 12.4. The number of rotatable bonds is 4. The van der Waals surface area contributed by atoms with Gasteiger partial charge in [-0.3, -0.25) is 4.90 Å². The summed E-state index contributed by atoms with van der Waals surface area (Å²) in [4.78, 5) is 16.9. The second-order valence-electron chi connectivity index (χ2n) is 6.47. The molecule has 1 aliphatic rings. The zero-order valence-corrected chi connectivity index (χ0v) is 16.1. The molecule has 1 aromatic carbocycles. The lowest BCUT2D eigenvalue weighted by Crippen LogP contribution is -2.39. The predicted octanol–water partition coefficient (Wildman–Crippen LogP) is 4.23. The Kier molecular flexibility index (Phi) is 4.27. The minimum atomic E-state index is -0.415. The molecule has 27 heavy (non-hydrogen) atoms. The van der Waals surface area contributed by atoms with Crippen molar-refractivity contribution in [2.24, 2.45) is 0 Å². The molecule has 136 valence electrons. The van der Waals surface area contributed by atoms with E-state index in [1.165, 1.54) is 32.0 Å². The van der Waals surface area contributed by atoms with Gasteiger partial charge in [0.25, 0.3) is 5.89 Å². The average molecular weight is 396 g/mol. The highest BCUT2D eigenvalue weighted by Crippen LogP contribution is 2.37. The number of hydrogen-bond acceptors (Lipinski definition) is 6. The van der Waals surface area contributed by atoms with Crippen LogP contribution in [-0.2, 0) is 13.1 Å². The summed E-state index contributed by atoms with van der Waals surface area (Å²) in [7, 11) is 0. The highest BCUT2D eigenvalue weighted by Gasteiger charge is 2.30. The molecule has 0 saturated carbocycles. The number of fused-ring (bicyclic) bond motifs is 1. The first-order chi connectivity index (χ1) is 13.3. The molecule has 4 aromatic rings. The van der Waals surface area contributed by atoms with E-state index < -0.39 is 5.76 Å². The van der Waals surface area contributed by atoms with Crippen molar-refractivity contribution >= 4 is 22.7 Å². The van der Waals surface area contributed by atoms with E-state index in [0.717, 1.165) is 17.8 Å². The molecule has 1 unspecified atom stereocenters. The quantitative estimate of drug-likeness (QED) is 0.519. The van der Waals surface area contributed by atoms with Gasteiger partial charge in [-0.1, -0.05) is 36.4 Å². The van der Waals surface area contributed by atoms with Gasteiger partial charge in [0.15, 0.2) is 0 Å². The number of hydrogen-bond donors (Lipinski definition) is 0. The molecule has 0 spiro atoms. The molecule has 5 nitrogen and oxygen atoms in total. The molecule has 3 aromatic heterocycles. The maximum absolute atomic E-state index is 12.4. The van der Waals surface area contributed by atoms with Gasteiger partial charge in [-0.05, 0) is 40.4 Å². The molecular formula is C20H17N3O2S2. The van der Waals surface area contributed by atoms with Crippen molar-refractivity contribution in [2.45, 2.75) is 19.1 Å². The third kappa shape index (κ3) is 3.07. The second-order valence-corrected chi connectivity index (χ2v) is 8.41. The number of benzene rings is 1. The van der Waals surface area contributed by atoms with Gasteiger partial charge in [-0.25, -0.2) is 4.79 Å². The summed E-state index contributed by atoms with van der Waals surface area (Å²) in [5, 5.41) is 8.53. The summed E-state index contributed by atoms with van der Waals surface area (Å²) in [6.07, 6.45) is 0.987. The fourth-order valence-electron chi connectivity index (χ4n) is 3.61. The van der Waals surface area contributed by atoms with Gasteiger partial charge < -0.3 is 4.42 Å². The van der Waals surface area contributed by atoms with Gasteiger partial charge in [-0.15, -0.1) is 27.8 Å². The standard InChI is InChI=1S/C20H17N3O2S2/c24-20-23(21-19(25-20)17-7-4-11-26-17)13-22-10-8-16-15(9-12-27-16)18(22)14-5-2-1-3-6-14/h1-7,9,11-12,18H,8,10,13H2. The van der Waals surface area contributed by atoms with E-state index in [-0.39, 0.29) is 6.04 Å². The Balaban J connectivity index is 1.50. The largest absolute Gasteiger partial charge is 0.438 e. The van der Waals surface area contributed by atoms with E-state index in [4.69, 9.17) is 4.42 Å². The summed E-state index contributed by atoms with van der Waals surface area (Å²) in [5.41, 5.74) is 2.55. The number of aromatic nitrogens is 2. The van der Waals surface area contributed by atoms with Crippen LogP contribution in [0.15, 0.2) is 68.5 Å². The lowest BCUT2D eigenvalue weighted by Gasteiger charge is -2.35. The topological polar surface area (TPSA) is 51.3 Å². The molecular weight excluding hydrogens is 378 g/mol. The van der Waals surface area contributed by atoms with Crippen molar-refractivity contribution < 1.29 is 4.42 Å². The Morgan fingerprint density at radius 2 is 1.96 bits per heavy atom. The first-order valence-corrected chi connectivity index (χ1v) is 10.5. The average Bonchev–Trinajstić information content (AvgIpc) is 3.43.